The van der Waals surface area contributed by atoms with Crippen LogP contribution in [-0.2, 0) is 4.74 Å². The first kappa shape index (κ1) is 16.5. The lowest BCUT2D eigenvalue weighted by atomic mass is 10.1. The number of aliphatic hydroxyl groups excluding tert-OH is 3. The summed E-state index contributed by atoms with van der Waals surface area (Å²) in [6.07, 6.45) is -1.72. The summed E-state index contributed by atoms with van der Waals surface area (Å²) in [5.74, 6) is 0.282. The number of fused-ring (bicyclic) bond motifs is 1. The quantitative estimate of drug-likeness (QED) is 0.513. The monoisotopic (exact) mass is 338 g/mol. The van der Waals surface area contributed by atoms with Gasteiger partial charge in [0.05, 0.1) is 12.9 Å². The fourth-order valence-electron chi connectivity index (χ4n) is 2.64. The van der Waals surface area contributed by atoms with E-state index in [1.54, 1.807) is 0 Å². The molecule has 1 aliphatic heterocycles. The van der Waals surface area contributed by atoms with Gasteiger partial charge in [-0.2, -0.15) is 0 Å². The number of hydrogen-bond acceptors (Lipinski definition) is 8. The molecule has 11 nitrogen and oxygen atoms in total. The highest BCUT2D eigenvalue weighted by Crippen LogP contribution is 2.32. The van der Waals surface area contributed by atoms with Crippen LogP contribution in [-0.4, -0.2) is 79.9 Å². The third kappa shape index (κ3) is 2.47. The Morgan fingerprint density at radius 3 is 2.75 bits per heavy atom. The molecule has 0 bridgehead atoms. The number of imidazole rings is 1. The second-order valence-electron chi connectivity index (χ2n) is 5.36. The summed E-state index contributed by atoms with van der Waals surface area (Å²) in [6.45, 7) is -0.430. The molecule has 130 valence electrons. The van der Waals surface area contributed by atoms with E-state index in [9.17, 15) is 20.1 Å². The number of carbonyl (C=O) groups is 1. The summed E-state index contributed by atoms with van der Waals surface area (Å²) >= 11 is 0. The van der Waals surface area contributed by atoms with Crippen LogP contribution < -0.4 is 10.2 Å². The Labute approximate surface area is 136 Å². The minimum Gasteiger partial charge on any atom is -0.394 e. The zero-order valence-electron chi connectivity index (χ0n) is 13.1. The lowest BCUT2D eigenvalue weighted by molar-refractivity contribution is -0.0511. The number of carbonyl (C=O) groups excluding carboxylic acids is 1. The number of urea groups is 1. The topological polar surface area (TPSA) is 146 Å². The number of anilines is 1. The number of hydrogen-bond donors (Lipinski definition) is 4. The smallest absolute Gasteiger partial charge is 0.322 e. The van der Waals surface area contributed by atoms with Crippen molar-refractivity contribution in [2.75, 3.05) is 25.6 Å². The maximum atomic E-state index is 11.8. The highest BCUT2D eigenvalue weighted by atomic mass is 16.6. The molecule has 3 heterocycles. The van der Waals surface area contributed by atoms with Crippen LogP contribution in [0.2, 0.25) is 0 Å². The normalized spacial score (nSPS) is 26.7. The van der Waals surface area contributed by atoms with Crippen molar-refractivity contribution in [3.05, 3.63) is 12.7 Å². The summed E-state index contributed by atoms with van der Waals surface area (Å²) in [7, 11) is 3.03. The first-order valence-electron chi connectivity index (χ1n) is 7.25. The molecule has 2 aromatic heterocycles. The largest absolute Gasteiger partial charge is 0.394 e. The zero-order chi connectivity index (χ0) is 17.4. The molecule has 4 N–H and O–H groups in total. The van der Waals surface area contributed by atoms with Gasteiger partial charge in [-0.15, -0.1) is 0 Å². The Kier molecular flexibility index (Phi) is 4.32. The summed E-state index contributed by atoms with van der Waals surface area (Å²) in [6, 6.07) is -0.377. The second kappa shape index (κ2) is 6.28. The third-order valence-electron chi connectivity index (χ3n) is 3.97. The molecular formula is C13H18N6O5. The van der Waals surface area contributed by atoms with Crippen LogP contribution in [0.5, 0.6) is 0 Å². The van der Waals surface area contributed by atoms with E-state index >= 15 is 0 Å². The summed E-state index contributed by atoms with van der Waals surface area (Å²) in [5.41, 5.74) is 0.659. The first-order chi connectivity index (χ1) is 11.5. The van der Waals surface area contributed by atoms with Gasteiger partial charge in [0.1, 0.15) is 24.6 Å². The lowest BCUT2D eigenvalue weighted by Crippen LogP contribution is -2.35. The van der Waals surface area contributed by atoms with Crippen LogP contribution in [0.25, 0.3) is 11.2 Å². The maximum Gasteiger partial charge on any atom is 0.322 e. The van der Waals surface area contributed by atoms with Gasteiger partial charge < -0.3 is 25.4 Å². The van der Waals surface area contributed by atoms with Gasteiger partial charge in [0.2, 0.25) is 0 Å². The van der Waals surface area contributed by atoms with Crippen LogP contribution in [0.1, 0.15) is 6.23 Å². The number of rotatable bonds is 3. The van der Waals surface area contributed by atoms with Crippen LogP contribution in [0.3, 0.4) is 0 Å². The van der Waals surface area contributed by atoms with Crippen molar-refractivity contribution in [1.29, 1.82) is 0 Å². The van der Waals surface area contributed by atoms with Crippen molar-refractivity contribution >= 4 is 23.0 Å². The van der Waals surface area contributed by atoms with E-state index in [1.807, 2.05) is 0 Å². The maximum absolute atomic E-state index is 11.8. The van der Waals surface area contributed by atoms with Gasteiger partial charge in [-0.05, 0) is 0 Å². The van der Waals surface area contributed by atoms with E-state index in [1.165, 1.54) is 36.2 Å². The molecule has 0 aliphatic carbocycles. The molecule has 2 aromatic rings. The van der Waals surface area contributed by atoms with Crippen molar-refractivity contribution < 1.29 is 24.9 Å². The number of aliphatic hydroxyl groups is 3. The van der Waals surface area contributed by atoms with Crippen LogP contribution in [0, 0.1) is 0 Å². The van der Waals surface area contributed by atoms with Crippen LogP contribution in [0.4, 0.5) is 10.6 Å². The average molecular weight is 338 g/mol. The Morgan fingerprint density at radius 1 is 1.38 bits per heavy atom. The number of nitrogens with zero attached hydrogens (tertiary/aromatic N) is 5. The Morgan fingerprint density at radius 2 is 2.12 bits per heavy atom. The number of amides is 2. The van der Waals surface area contributed by atoms with E-state index in [-0.39, 0.29) is 11.8 Å². The highest BCUT2D eigenvalue weighted by molar-refractivity contribution is 5.97. The van der Waals surface area contributed by atoms with Gasteiger partial charge in [0.15, 0.2) is 23.2 Å². The van der Waals surface area contributed by atoms with Crippen molar-refractivity contribution in [3.63, 3.8) is 0 Å². The molecule has 1 fully saturated rings. The SMILES string of the molecule is CNC(=O)N(C)c1ncnc2c1ncn2[C@@H]1O[C@H](CO)[C@@H](O)[C@H]1O. The molecule has 0 saturated carbocycles. The van der Waals surface area contributed by atoms with Crippen molar-refractivity contribution in [3.8, 4) is 0 Å². The standard InChI is InChI=1S/C13H18N6O5/c1-14-13(23)18(2)10-7-11(16-4-15-10)19(5-17-7)12-9(22)8(21)6(3-20)24-12/h4-6,8-9,12,20-22H,3H2,1-2H3,(H,14,23)/t6-,8-,9-,12-/m1/s1. The second-order valence-corrected chi connectivity index (χ2v) is 5.36. The lowest BCUT2D eigenvalue weighted by Gasteiger charge is -2.17. The van der Waals surface area contributed by atoms with Gasteiger partial charge in [0, 0.05) is 14.1 Å². The van der Waals surface area contributed by atoms with Crippen LogP contribution >= 0.6 is 0 Å². The van der Waals surface area contributed by atoms with Crippen molar-refractivity contribution in [1.82, 2.24) is 24.8 Å². The molecule has 1 aliphatic rings. The summed E-state index contributed by atoms with van der Waals surface area (Å²) in [5, 5.41) is 31.7. The predicted molar refractivity (Wildman–Crippen MR) is 81.2 cm³/mol. The molecule has 3 rings (SSSR count). The van der Waals surface area contributed by atoms with Crippen molar-refractivity contribution in [2.24, 2.45) is 0 Å². The van der Waals surface area contributed by atoms with Gasteiger partial charge in [-0.3, -0.25) is 9.47 Å². The minimum atomic E-state index is -1.25. The molecule has 11 heteroatoms. The number of ether oxygens (including phenoxy) is 1. The molecule has 0 aromatic carbocycles. The van der Waals surface area contributed by atoms with E-state index in [0.717, 1.165) is 0 Å². The molecule has 24 heavy (non-hydrogen) atoms. The zero-order valence-corrected chi connectivity index (χ0v) is 13.1. The Bertz CT molecular complexity index is 752. The molecule has 0 spiro atoms. The van der Waals surface area contributed by atoms with Gasteiger partial charge >= 0.3 is 6.03 Å². The van der Waals surface area contributed by atoms with E-state index in [0.29, 0.717) is 11.2 Å². The molecular weight excluding hydrogens is 320 g/mol. The van der Waals surface area contributed by atoms with Crippen LogP contribution in [0.15, 0.2) is 12.7 Å². The number of aromatic nitrogens is 4. The van der Waals surface area contributed by atoms with E-state index in [4.69, 9.17) is 4.74 Å². The predicted octanol–water partition coefficient (Wildman–Crippen LogP) is -1.79. The van der Waals surface area contributed by atoms with Crippen molar-refractivity contribution in [2.45, 2.75) is 24.5 Å². The Balaban J connectivity index is 2.02. The summed E-state index contributed by atoms with van der Waals surface area (Å²) in [4.78, 5) is 25.4. The first-order valence-corrected chi connectivity index (χ1v) is 7.25. The molecule has 4 atom stereocenters. The third-order valence-corrected chi connectivity index (χ3v) is 3.97. The number of nitrogens with one attached hydrogen (secondary N) is 1. The van der Waals surface area contributed by atoms with E-state index < -0.39 is 31.1 Å². The molecule has 0 radical (unpaired) electrons. The fourth-order valence-corrected chi connectivity index (χ4v) is 2.64. The molecule has 2 amide bonds. The summed E-state index contributed by atoms with van der Waals surface area (Å²) < 4.78 is 6.91. The fraction of sp³-hybridized carbons (Fsp3) is 0.538. The van der Waals surface area contributed by atoms with Gasteiger partial charge in [-0.1, -0.05) is 0 Å². The van der Waals surface area contributed by atoms with Gasteiger partial charge in [0.25, 0.3) is 0 Å². The Hall–Kier alpha value is -2.34. The highest BCUT2D eigenvalue weighted by Gasteiger charge is 2.44. The molecule has 0 unspecified atom stereocenters. The molecule has 1 saturated heterocycles. The van der Waals surface area contributed by atoms with E-state index in [2.05, 4.69) is 20.3 Å². The average Bonchev–Trinajstić information content (AvgIpc) is 3.15. The minimum absolute atomic E-state index is 0.282. The van der Waals surface area contributed by atoms with Gasteiger partial charge in [-0.25, -0.2) is 19.7 Å².